The van der Waals surface area contributed by atoms with Gasteiger partial charge < -0.3 is 4.74 Å². The first kappa shape index (κ1) is 5.44. The Balaban J connectivity index is 2.52. The van der Waals surface area contributed by atoms with Crippen LogP contribution in [0.3, 0.4) is 0 Å². The molecule has 8 heavy (non-hydrogen) atoms. The highest BCUT2D eigenvalue weighted by Gasteiger charge is 2.19. The van der Waals surface area contributed by atoms with Crippen molar-refractivity contribution in [3.05, 3.63) is 0 Å². The van der Waals surface area contributed by atoms with E-state index in [0.717, 1.165) is 0 Å². The van der Waals surface area contributed by atoms with Gasteiger partial charge in [-0.15, -0.1) is 0 Å². The minimum absolute atomic E-state index is 0.0312. The SMILES string of the molecule is C=[N+]1CCOCC1=O. The van der Waals surface area contributed by atoms with E-state index in [1.54, 1.807) is 0 Å². The lowest BCUT2D eigenvalue weighted by Gasteiger charge is -2.05. The molecule has 1 amide bonds. The van der Waals surface area contributed by atoms with Crippen molar-refractivity contribution in [3.8, 4) is 0 Å². The minimum Gasteiger partial charge on any atom is -0.360 e. The van der Waals surface area contributed by atoms with Crippen molar-refractivity contribution in [2.24, 2.45) is 0 Å². The Kier molecular flexibility index (Phi) is 1.39. The molecule has 1 rings (SSSR count). The Morgan fingerprint density at radius 2 is 2.50 bits per heavy atom. The van der Waals surface area contributed by atoms with Gasteiger partial charge in [0.1, 0.15) is 13.3 Å². The molecule has 1 aliphatic heterocycles. The van der Waals surface area contributed by atoms with Gasteiger partial charge >= 0.3 is 5.91 Å². The second kappa shape index (κ2) is 2.05. The predicted molar refractivity (Wildman–Crippen MR) is 28.1 cm³/mol. The zero-order valence-electron chi connectivity index (χ0n) is 4.59. The molecule has 1 heterocycles. The molecule has 3 heteroatoms. The molecule has 0 atom stereocenters. The number of carbonyl (C=O) groups excluding carboxylic acids is 1. The zero-order chi connectivity index (χ0) is 5.98. The number of morpholine rings is 1. The number of amides is 1. The Labute approximate surface area is 47.6 Å². The van der Waals surface area contributed by atoms with E-state index in [0.29, 0.717) is 13.2 Å². The van der Waals surface area contributed by atoms with Gasteiger partial charge in [0.25, 0.3) is 0 Å². The normalized spacial score (nSPS) is 21.5. The molecule has 0 aliphatic carbocycles. The molecule has 0 aromatic rings. The first-order valence-electron chi connectivity index (χ1n) is 2.49. The standard InChI is InChI=1S/C5H8NO2/c1-6-2-3-8-4-5(6)7/h1-4H2/q+1. The van der Waals surface area contributed by atoms with E-state index >= 15 is 0 Å². The van der Waals surface area contributed by atoms with Crippen LogP contribution in [-0.4, -0.2) is 37.0 Å². The molecule has 3 nitrogen and oxygen atoms in total. The summed E-state index contributed by atoms with van der Waals surface area (Å²) in [4.78, 5) is 10.5. The molecule has 1 saturated heterocycles. The van der Waals surface area contributed by atoms with Gasteiger partial charge in [-0.05, 0) is 0 Å². The van der Waals surface area contributed by atoms with Crippen LogP contribution in [0.4, 0.5) is 0 Å². The van der Waals surface area contributed by atoms with Gasteiger partial charge in [-0.3, -0.25) is 0 Å². The predicted octanol–water partition coefficient (Wildman–Crippen LogP) is -0.744. The largest absolute Gasteiger partial charge is 0.412 e. The van der Waals surface area contributed by atoms with Crippen LogP contribution >= 0.6 is 0 Å². The number of carbonyl (C=O) groups is 1. The molecule has 0 spiro atoms. The summed E-state index contributed by atoms with van der Waals surface area (Å²) < 4.78 is 6.24. The molecular weight excluding hydrogens is 106 g/mol. The number of ether oxygens (including phenoxy) is 1. The molecule has 0 N–H and O–H groups in total. The van der Waals surface area contributed by atoms with E-state index in [2.05, 4.69) is 6.72 Å². The van der Waals surface area contributed by atoms with Gasteiger partial charge in [-0.1, -0.05) is 0 Å². The van der Waals surface area contributed by atoms with E-state index in [-0.39, 0.29) is 12.5 Å². The fraction of sp³-hybridized carbons (Fsp3) is 0.600. The fourth-order valence-corrected chi connectivity index (χ4v) is 0.550. The van der Waals surface area contributed by atoms with Gasteiger partial charge in [-0.2, -0.15) is 4.58 Å². The lowest BCUT2D eigenvalue weighted by molar-refractivity contribution is -0.460. The number of hydrogen-bond acceptors (Lipinski definition) is 2. The van der Waals surface area contributed by atoms with Crippen LogP contribution in [0, 0.1) is 0 Å². The van der Waals surface area contributed by atoms with Crippen LogP contribution in [-0.2, 0) is 9.53 Å². The first-order chi connectivity index (χ1) is 3.80. The Morgan fingerprint density at radius 3 is 2.88 bits per heavy atom. The third-order valence-corrected chi connectivity index (χ3v) is 1.08. The van der Waals surface area contributed by atoms with E-state index in [1.165, 1.54) is 4.58 Å². The highest BCUT2D eigenvalue weighted by atomic mass is 16.5. The van der Waals surface area contributed by atoms with Gasteiger partial charge in [-0.25, -0.2) is 4.79 Å². The average molecular weight is 114 g/mol. The number of hydrogen-bond donors (Lipinski definition) is 0. The third kappa shape index (κ3) is 0.924. The van der Waals surface area contributed by atoms with Gasteiger partial charge in [0.05, 0.1) is 0 Å². The van der Waals surface area contributed by atoms with Crippen molar-refractivity contribution >= 4 is 12.6 Å². The molecule has 0 unspecified atom stereocenters. The number of rotatable bonds is 0. The second-order valence-electron chi connectivity index (χ2n) is 1.71. The summed E-state index contributed by atoms with van der Waals surface area (Å²) in [5.74, 6) is -0.0312. The lowest BCUT2D eigenvalue weighted by atomic mass is 10.5. The summed E-state index contributed by atoms with van der Waals surface area (Å²) >= 11 is 0. The van der Waals surface area contributed by atoms with E-state index in [9.17, 15) is 4.79 Å². The highest BCUT2D eigenvalue weighted by molar-refractivity contribution is 5.70. The molecule has 1 aliphatic rings. The Morgan fingerprint density at radius 1 is 1.75 bits per heavy atom. The maximum absolute atomic E-state index is 10.5. The smallest absolute Gasteiger partial charge is 0.360 e. The van der Waals surface area contributed by atoms with Crippen molar-refractivity contribution in [1.29, 1.82) is 0 Å². The minimum atomic E-state index is -0.0312. The maximum atomic E-state index is 10.5. The molecule has 0 bridgehead atoms. The zero-order valence-corrected chi connectivity index (χ0v) is 4.59. The first-order valence-corrected chi connectivity index (χ1v) is 2.49. The van der Waals surface area contributed by atoms with Crippen LogP contribution in [0.15, 0.2) is 0 Å². The average Bonchev–Trinajstić information content (AvgIpc) is 1.77. The highest BCUT2D eigenvalue weighted by Crippen LogP contribution is 1.87. The van der Waals surface area contributed by atoms with Crippen molar-refractivity contribution in [1.82, 2.24) is 0 Å². The van der Waals surface area contributed by atoms with Crippen molar-refractivity contribution in [2.75, 3.05) is 19.8 Å². The second-order valence-corrected chi connectivity index (χ2v) is 1.71. The van der Waals surface area contributed by atoms with Gasteiger partial charge in [0, 0.05) is 0 Å². The molecule has 1 fully saturated rings. The Hall–Kier alpha value is -0.700. The van der Waals surface area contributed by atoms with Crippen LogP contribution in [0.2, 0.25) is 0 Å². The van der Waals surface area contributed by atoms with Crippen molar-refractivity contribution in [3.63, 3.8) is 0 Å². The topological polar surface area (TPSA) is 29.3 Å². The maximum Gasteiger partial charge on any atom is 0.412 e. The summed E-state index contributed by atoms with van der Waals surface area (Å²) in [6.07, 6.45) is 0. The van der Waals surface area contributed by atoms with Crippen LogP contribution in [0.1, 0.15) is 0 Å². The van der Waals surface area contributed by atoms with Crippen LogP contribution < -0.4 is 0 Å². The summed E-state index contributed by atoms with van der Waals surface area (Å²) in [5.41, 5.74) is 0. The van der Waals surface area contributed by atoms with Crippen molar-refractivity contribution < 1.29 is 14.1 Å². The monoisotopic (exact) mass is 114 g/mol. The summed E-state index contributed by atoms with van der Waals surface area (Å²) in [6.45, 7) is 4.92. The quantitative estimate of drug-likeness (QED) is 0.388. The molecule has 0 radical (unpaired) electrons. The summed E-state index contributed by atoms with van der Waals surface area (Å²) in [7, 11) is 0. The van der Waals surface area contributed by atoms with E-state index in [1.807, 2.05) is 0 Å². The van der Waals surface area contributed by atoms with Crippen LogP contribution in [0.25, 0.3) is 0 Å². The molecule has 44 valence electrons. The Bertz CT molecular complexity index is 114. The van der Waals surface area contributed by atoms with Gasteiger partial charge in [0.2, 0.25) is 0 Å². The lowest BCUT2D eigenvalue weighted by Crippen LogP contribution is -2.33. The van der Waals surface area contributed by atoms with E-state index in [4.69, 9.17) is 4.74 Å². The number of nitrogens with zero attached hydrogens (tertiary/aromatic N) is 1. The molecular formula is C5H8NO2+. The fourth-order valence-electron chi connectivity index (χ4n) is 0.550. The van der Waals surface area contributed by atoms with Crippen molar-refractivity contribution in [2.45, 2.75) is 0 Å². The summed E-state index contributed by atoms with van der Waals surface area (Å²) in [5, 5.41) is 0. The third-order valence-electron chi connectivity index (χ3n) is 1.08. The molecule has 0 aromatic carbocycles. The molecule has 0 aromatic heterocycles. The van der Waals surface area contributed by atoms with Gasteiger partial charge in [0.15, 0.2) is 13.2 Å². The van der Waals surface area contributed by atoms with Crippen LogP contribution in [0.5, 0.6) is 0 Å². The van der Waals surface area contributed by atoms with E-state index < -0.39 is 0 Å². The summed E-state index contributed by atoms with van der Waals surface area (Å²) in [6, 6.07) is 0. The molecule has 0 saturated carbocycles.